The first-order valence-electron chi connectivity index (χ1n) is 6.22. The van der Waals surface area contributed by atoms with Crippen molar-refractivity contribution >= 4 is 15.7 Å². The third kappa shape index (κ3) is 2.81. The van der Waals surface area contributed by atoms with Gasteiger partial charge in [-0.1, -0.05) is 12.8 Å². The summed E-state index contributed by atoms with van der Waals surface area (Å²) in [5, 5.41) is 0. The molecule has 1 aliphatic rings. The highest BCUT2D eigenvalue weighted by atomic mass is 32.2. The number of hydrogen-bond acceptors (Lipinski definition) is 4. The molecule has 0 aliphatic heterocycles. The summed E-state index contributed by atoms with van der Waals surface area (Å²) in [6.07, 6.45) is 7.32. The monoisotopic (exact) mass is 269 g/mol. The van der Waals surface area contributed by atoms with E-state index in [2.05, 4.69) is 9.71 Å². The zero-order chi connectivity index (χ0) is 13.2. The molecule has 100 valence electrons. The molecule has 6 heteroatoms. The number of nitrogens with two attached hydrogens (primary N) is 1. The molecule has 1 aromatic rings. The number of anilines is 1. The number of hydrogen-bond donors (Lipinski definition) is 2. The van der Waals surface area contributed by atoms with Crippen LogP contribution in [-0.4, -0.2) is 19.4 Å². The third-order valence-corrected chi connectivity index (χ3v) is 5.16. The van der Waals surface area contributed by atoms with Gasteiger partial charge in [0.1, 0.15) is 4.90 Å². The molecule has 1 saturated carbocycles. The maximum absolute atomic E-state index is 12.2. The van der Waals surface area contributed by atoms with Gasteiger partial charge in [-0.2, -0.15) is 0 Å². The number of rotatable bonds is 4. The van der Waals surface area contributed by atoms with Gasteiger partial charge < -0.3 is 5.73 Å². The Labute approximate surface area is 108 Å². The highest BCUT2D eigenvalue weighted by Crippen LogP contribution is 2.28. The molecule has 3 N–H and O–H groups in total. The van der Waals surface area contributed by atoms with Crippen LogP contribution in [-0.2, 0) is 10.0 Å². The standard InChI is InChI=1S/C12H19N3O2S/c1-9(10-4-2-3-5-10)15-18(16,17)12-8-14-7-6-11(12)13/h6-10,15H,2-5H2,1H3,(H2,13,14). The van der Waals surface area contributed by atoms with Gasteiger partial charge in [0, 0.05) is 18.4 Å². The minimum atomic E-state index is -3.57. The molecular weight excluding hydrogens is 250 g/mol. The van der Waals surface area contributed by atoms with E-state index in [1.807, 2.05) is 6.92 Å². The zero-order valence-corrected chi connectivity index (χ0v) is 11.3. The van der Waals surface area contributed by atoms with Crippen molar-refractivity contribution in [2.75, 3.05) is 5.73 Å². The second-order valence-corrected chi connectivity index (χ2v) is 6.55. The maximum Gasteiger partial charge on any atom is 0.244 e. The molecule has 0 spiro atoms. The smallest absolute Gasteiger partial charge is 0.244 e. The van der Waals surface area contributed by atoms with Crippen molar-refractivity contribution in [3.05, 3.63) is 18.5 Å². The van der Waals surface area contributed by atoms with Crippen molar-refractivity contribution in [1.82, 2.24) is 9.71 Å². The molecule has 5 nitrogen and oxygen atoms in total. The maximum atomic E-state index is 12.2. The molecule has 0 saturated heterocycles. The zero-order valence-electron chi connectivity index (χ0n) is 10.5. The van der Waals surface area contributed by atoms with Crippen LogP contribution in [0.4, 0.5) is 5.69 Å². The fourth-order valence-corrected chi connectivity index (χ4v) is 3.86. The van der Waals surface area contributed by atoms with Gasteiger partial charge in [-0.25, -0.2) is 13.1 Å². The minimum Gasteiger partial charge on any atom is -0.398 e. The molecule has 0 bridgehead atoms. The molecule has 1 fully saturated rings. The van der Waals surface area contributed by atoms with E-state index in [4.69, 9.17) is 5.73 Å². The highest BCUT2D eigenvalue weighted by Gasteiger charge is 2.27. The third-order valence-electron chi connectivity index (χ3n) is 3.55. The summed E-state index contributed by atoms with van der Waals surface area (Å²) in [7, 11) is -3.57. The van der Waals surface area contributed by atoms with Gasteiger partial charge in [0.25, 0.3) is 0 Å². The number of sulfonamides is 1. The molecule has 1 heterocycles. The lowest BCUT2D eigenvalue weighted by Crippen LogP contribution is -2.37. The summed E-state index contributed by atoms with van der Waals surface area (Å²) < 4.78 is 27.1. The second kappa shape index (κ2) is 5.24. The first-order chi connectivity index (χ1) is 8.50. The van der Waals surface area contributed by atoms with Crippen LogP contribution in [0, 0.1) is 5.92 Å². The van der Waals surface area contributed by atoms with Crippen LogP contribution in [0.2, 0.25) is 0 Å². The first kappa shape index (κ1) is 13.3. The summed E-state index contributed by atoms with van der Waals surface area (Å²) in [5.74, 6) is 0.428. The van der Waals surface area contributed by atoms with Gasteiger partial charge in [0.05, 0.1) is 5.69 Å². The van der Waals surface area contributed by atoms with Crippen molar-refractivity contribution in [2.24, 2.45) is 5.92 Å². The van der Waals surface area contributed by atoms with Crippen molar-refractivity contribution < 1.29 is 8.42 Å². The van der Waals surface area contributed by atoms with Crippen LogP contribution in [0.1, 0.15) is 32.6 Å². The quantitative estimate of drug-likeness (QED) is 0.868. The molecular formula is C12H19N3O2S. The summed E-state index contributed by atoms with van der Waals surface area (Å²) >= 11 is 0. The van der Waals surface area contributed by atoms with E-state index in [0.29, 0.717) is 5.92 Å². The molecule has 0 amide bonds. The fourth-order valence-electron chi connectivity index (χ4n) is 2.48. The van der Waals surface area contributed by atoms with E-state index in [-0.39, 0.29) is 16.6 Å². The average Bonchev–Trinajstić information content (AvgIpc) is 2.82. The normalized spacial score (nSPS) is 18.9. The Balaban J connectivity index is 2.14. The summed E-state index contributed by atoms with van der Waals surface area (Å²) in [6, 6.07) is 1.44. The molecule has 1 aliphatic carbocycles. The predicted molar refractivity (Wildman–Crippen MR) is 70.4 cm³/mol. The number of aromatic nitrogens is 1. The lowest BCUT2D eigenvalue weighted by atomic mass is 10.0. The van der Waals surface area contributed by atoms with Crippen LogP contribution in [0.25, 0.3) is 0 Å². The van der Waals surface area contributed by atoms with Crippen LogP contribution in [0.3, 0.4) is 0 Å². The number of nitrogens with zero attached hydrogens (tertiary/aromatic N) is 1. The van der Waals surface area contributed by atoms with Crippen molar-refractivity contribution in [2.45, 2.75) is 43.5 Å². The number of nitrogens with one attached hydrogen (secondary N) is 1. The molecule has 18 heavy (non-hydrogen) atoms. The van der Waals surface area contributed by atoms with Crippen molar-refractivity contribution in [1.29, 1.82) is 0 Å². The Hall–Kier alpha value is -1.14. The number of pyridine rings is 1. The Morgan fingerprint density at radius 1 is 1.44 bits per heavy atom. The molecule has 1 atom stereocenters. The minimum absolute atomic E-state index is 0.0582. The van der Waals surface area contributed by atoms with E-state index in [9.17, 15) is 8.42 Å². The van der Waals surface area contributed by atoms with Gasteiger partial charge >= 0.3 is 0 Å². The summed E-state index contributed by atoms with van der Waals surface area (Å²) in [6.45, 7) is 1.92. The Kier molecular flexibility index (Phi) is 3.87. The van der Waals surface area contributed by atoms with Crippen LogP contribution in [0.5, 0.6) is 0 Å². The Morgan fingerprint density at radius 2 is 2.11 bits per heavy atom. The van der Waals surface area contributed by atoms with Crippen molar-refractivity contribution in [3.8, 4) is 0 Å². The largest absolute Gasteiger partial charge is 0.398 e. The second-order valence-electron chi connectivity index (χ2n) is 4.87. The Morgan fingerprint density at radius 3 is 2.72 bits per heavy atom. The lowest BCUT2D eigenvalue weighted by Gasteiger charge is -2.20. The van der Waals surface area contributed by atoms with E-state index in [1.54, 1.807) is 0 Å². The fraction of sp³-hybridized carbons (Fsp3) is 0.583. The molecule has 2 rings (SSSR count). The number of nitrogen functional groups attached to an aromatic ring is 1. The first-order valence-corrected chi connectivity index (χ1v) is 7.71. The van der Waals surface area contributed by atoms with E-state index in [0.717, 1.165) is 12.8 Å². The lowest BCUT2D eigenvalue weighted by molar-refractivity contribution is 0.424. The topological polar surface area (TPSA) is 85.1 Å². The molecule has 0 radical (unpaired) electrons. The highest BCUT2D eigenvalue weighted by molar-refractivity contribution is 7.89. The van der Waals surface area contributed by atoms with Crippen LogP contribution >= 0.6 is 0 Å². The van der Waals surface area contributed by atoms with E-state index in [1.165, 1.54) is 31.3 Å². The van der Waals surface area contributed by atoms with Crippen molar-refractivity contribution in [3.63, 3.8) is 0 Å². The molecule has 1 unspecified atom stereocenters. The Bertz CT molecular complexity index is 510. The summed E-state index contributed by atoms with van der Waals surface area (Å²) in [5.41, 5.74) is 5.91. The van der Waals surface area contributed by atoms with Gasteiger partial charge in [-0.3, -0.25) is 4.98 Å². The van der Waals surface area contributed by atoms with Crippen LogP contribution in [0.15, 0.2) is 23.4 Å². The SMILES string of the molecule is CC(NS(=O)(=O)c1cnccc1N)C1CCCC1. The molecule has 1 aromatic heterocycles. The average molecular weight is 269 g/mol. The van der Waals surface area contributed by atoms with E-state index < -0.39 is 10.0 Å². The van der Waals surface area contributed by atoms with E-state index >= 15 is 0 Å². The molecule has 0 aromatic carbocycles. The van der Waals surface area contributed by atoms with Gasteiger partial charge in [0.15, 0.2) is 0 Å². The van der Waals surface area contributed by atoms with Gasteiger partial charge in [0.2, 0.25) is 10.0 Å². The summed E-state index contributed by atoms with van der Waals surface area (Å²) in [4.78, 5) is 3.88. The van der Waals surface area contributed by atoms with Gasteiger partial charge in [-0.05, 0) is 31.7 Å². The van der Waals surface area contributed by atoms with Gasteiger partial charge in [-0.15, -0.1) is 0 Å². The van der Waals surface area contributed by atoms with Crippen LogP contribution < -0.4 is 10.5 Å². The predicted octanol–water partition coefficient (Wildman–Crippen LogP) is 1.52.